The molecule has 0 heterocycles. The van der Waals surface area contributed by atoms with Crippen LogP contribution in [0.15, 0.2) is 48.5 Å². The number of benzene rings is 4. The van der Waals surface area contributed by atoms with Crippen LogP contribution >= 0.6 is 0 Å². The molecule has 12 heteroatoms. The monoisotopic (exact) mass is 712 g/mol. The zero-order valence-electron chi connectivity index (χ0n) is 29.3. The predicted molar refractivity (Wildman–Crippen MR) is 189 cm³/mol. The summed E-state index contributed by atoms with van der Waals surface area (Å²) in [5, 5.41) is 39.9. The van der Waals surface area contributed by atoms with E-state index in [2.05, 4.69) is 0 Å². The molecular formula is C40H40O12. The van der Waals surface area contributed by atoms with Crippen molar-refractivity contribution in [1.82, 2.24) is 0 Å². The lowest BCUT2D eigenvalue weighted by Crippen LogP contribution is -2.14. The first-order valence-electron chi connectivity index (χ1n) is 16.6. The molecule has 0 amide bonds. The van der Waals surface area contributed by atoms with Crippen LogP contribution in [0.5, 0.6) is 23.0 Å². The maximum atomic E-state index is 12.2. The zero-order valence-corrected chi connectivity index (χ0v) is 29.3. The molecule has 0 aromatic heterocycles. The maximum Gasteiger partial charge on any atom is 0.336 e. The Hall–Kier alpha value is -6.04. The highest BCUT2D eigenvalue weighted by Gasteiger charge is 2.24. The molecule has 1 aliphatic carbocycles. The summed E-state index contributed by atoms with van der Waals surface area (Å²) in [5.41, 5.74) is 5.06. The van der Waals surface area contributed by atoms with Crippen LogP contribution in [0.3, 0.4) is 0 Å². The van der Waals surface area contributed by atoms with Crippen LogP contribution in [0.2, 0.25) is 0 Å². The summed E-state index contributed by atoms with van der Waals surface area (Å²) in [6.45, 7) is 0. The predicted octanol–water partition coefficient (Wildman–Crippen LogP) is 5.97. The van der Waals surface area contributed by atoms with E-state index in [0.717, 1.165) is 22.3 Å². The lowest BCUT2D eigenvalue weighted by molar-refractivity contribution is 0.0651. The Bertz CT molecular complexity index is 1770. The summed E-state index contributed by atoms with van der Waals surface area (Å²) in [4.78, 5) is 48.9. The van der Waals surface area contributed by atoms with Crippen LogP contribution in [-0.4, -0.2) is 72.7 Å². The van der Waals surface area contributed by atoms with Crippen molar-refractivity contribution in [2.24, 2.45) is 0 Å². The molecule has 4 aromatic rings. The van der Waals surface area contributed by atoms with Crippen LogP contribution in [0, 0.1) is 0 Å². The molecule has 272 valence electrons. The lowest BCUT2D eigenvalue weighted by Gasteiger charge is -2.20. The lowest BCUT2D eigenvalue weighted by atomic mass is 9.86. The van der Waals surface area contributed by atoms with E-state index in [-0.39, 0.29) is 22.3 Å². The standard InChI is InChI=1S/C40H40O12/c1-49-33-17-25-9-5-21-13-29(37(41)42)31(39(45)46)15-23(21)7-11-27-19-35(51-3)36(52-4)20-28(27)12-8-24-16-32(40(47)48)30(38(43)44)14-22(24)6-10-26(25)18-34(33)50-2/h13-20H,5-12H2,1-4H3,(H,41,42)(H,43,44)(H,45,46)(H,47,48). The van der Waals surface area contributed by atoms with Gasteiger partial charge in [-0.05, 0) is 144 Å². The Labute approximate surface area is 300 Å². The van der Waals surface area contributed by atoms with Gasteiger partial charge in [0.2, 0.25) is 0 Å². The van der Waals surface area contributed by atoms with Crippen LogP contribution < -0.4 is 18.9 Å². The summed E-state index contributed by atoms with van der Waals surface area (Å²) in [6, 6.07) is 13.2. The van der Waals surface area contributed by atoms with E-state index in [9.17, 15) is 39.6 Å². The summed E-state index contributed by atoms with van der Waals surface area (Å²) < 4.78 is 22.4. The highest BCUT2D eigenvalue weighted by molar-refractivity contribution is 6.02. The van der Waals surface area contributed by atoms with Crippen molar-refractivity contribution in [3.05, 3.63) is 115 Å². The van der Waals surface area contributed by atoms with Gasteiger partial charge in [0.05, 0.1) is 50.7 Å². The number of hydrogen-bond donors (Lipinski definition) is 4. The van der Waals surface area contributed by atoms with Gasteiger partial charge in [-0.15, -0.1) is 0 Å². The van der Waals surface area contributed by atoms with E-state index in [1.54, 1.807) is 0 Å². The van der Waals surface area contributed by atoms with Gasteiger partial charge < -0.3 is 39.4 Å². The second-order valence-corrected chi connectivity index (χ2v) is 12.5. The minimum absolute atomic E-state index is 0.299. The zero-order chi connectivity index (χ0) is 37.7. The van der Waals surface area contributed by atoms with Crippen molar-refractivity contribution in [2.75, 3.05) is 28.4 Å². The summed E-state index contributed by atoms with van der Waals surface area (Å²) in [6.07, 6.45) is 3.22. The highest BCUT2D eigenvalue weighted by Crippen LogP contribution is 2.35. The number of carboxylic acid groups (broad SMARTS) is 4. The fourth-order valence-corrected chi connectivity index (χ4v) is 6.95. The SMILES string of the molecule is COc1cc2c(cc1OC)CCc1cc(C(=O)O)c(C(=O)O)cc1CCc1cc(OC)c(OC)cc1CCc1cc(C(=O)O)c(C(=O)O)cc1CC2. The number of carboxylic acids is 4. The van der Waals surface area contributed by atoms with E-state index >= 15 is 0 Å². The van der Waals surface area contributed by atoms with Crippen molar-refractivity contribution in [2.45, 2.75) is 51.4 Å². The van der Waals surface area contributed by atoms with Gasteiger partial charge in [-0.3, -0.25) is 0 Å². The second kappa shape index (κ2) is 15.9. The fourth-order valence-electron chi connectivity index (χ4n) is 6.95. The highest BCUT2D eigenvalue weighted by atomic mass is 16.5. The number of ether oxygens (including phenoxy) is 4. The summed E-state index contributed by atoms with van der Waals surface area (Å²) in [7, 11) is 6.09. The first-order valence-corrected chi connectivity index (χ1v) is 16.6. The Morgan fingerprint density at radius 3 is 0.635 bits per heavy atom. The normalized spacial score (nSPS) is 13.0. The third-order valence-electron chi connectivity index (χ3n) is 9.67. The molecule has 4 aromatic carbocycles. The number of aromatic carboxylic acids is 4. The minimum Gasteiger partial charge on any atom is -0.493 e. The number of aryl methyl sites for hydroxylation is 8. The molecule has 0 bridgehead atoms. The van der Waals surface area contributed by atoms with Gasteiger partial charge in [-0.2, -0.15) is 0 Å². The minimum atomic E-state index is -1.34. The van der Waals surface area contributed by atoms with Gasteiger partial charge in [0.25, 0.3) is 0 Å². The molecule has 5 rings (SSSR count). The molecule has 0 saturated carbocycles. The van der Waals surface area contributed by atoms with Crippen molar-refractivity contribution >= 4 is 23.9 Å². The van der Waals surface area contributed by atoms with Gasteiger partial charge in [0.1, 0.15) is 0 Å². The maximum absolute atomic E-state index is 12.2. The van der Waals surface area contributed by atoms with Gasteiger partial charge in [0, 0.05) is 0 Å². The third kappa shape index (κ3) is 7.80. The molecule has 52 heavy (non-hydrogen) atoms. The number of rotatable bonds is 8. The van der Waals surface area contributed by atoms with E-state index in [1.165, 1.54) is 52.7 Å². The molecule has 0 spiro atoms. The van der Waals surface area contributed by atoms with E-state index < -0.39 is 23.9 Å². The van der Waals surface area contributed by atoms with Crippen LogP contribution in [-0.2, 0) is 51.4 Å². The number of methoxy groups -OCH3 is 4. The van der Waals surface area contributed by atoms with Gasteiger partial charge in [0.15, 0.2) is 23.0 Å². The molecular weight excluding hydrogens is 672 g/mol. The largest absolute Gasteiger partial charge is 0.493 e. The van der Waals surface area contributed by atoms with Crippen LogP contribution in [0.25, 0.3) is 0 Å². The van der Waals surface area contributed by atoms with Crippen molar-refractivity contribution in [1.29, 1.82) is 0 Å². The number of hydrogen-bond acceptors (Lipinski definition) is 8. The van der Waals surface area contributed by atoms with E-state index in [1.807, 2.05) is 24.3 Å². The van der Waals surface area contributed by atoms with Crippen molar-refractivity contribution < 1.29 is 58.6 Å². The number of fused-ring (bicyclic) bond motifs is 4. The smallest absolute Gasteiger partial charge is 0.336 e. The molecule has 0 saturated heterocycles. The molecule has 12 nitrogen and oxygen atoms in total. The average Bonchev–Trinajstić information content (AvgIpc) is 3.13. The van der Waals surface area contributed by atoms with Crippen molar-refractivity contribution in [3.8, 4) is 23.0 Å². The average molecular weight is 713 g/mol. The molecule has 0 atom stereocenters. The van der Waals surface area contributed by atoms with Gasteiger partial charge in [-0.25, -0.2) is 19.2 Å². The van der Waals surface area contributed by atoms with Crippen molar-refractivity contribution in [3.63, 3.8) is 0 Å². The topological polar surface area (TPSA) is 186 Å². The Morgan fingerprint density at radius 1 is 0.346 bits per heavy atom. The third-order valence-corrected chi connectivity index (χ3v) is 9.67. The Morgan fingerprint density at radius 2 is 0.500 bits per heavy atom. The van der Waals surface area contributed by atoms with Crippen LogP contribution in [0.4, 0.5) is 0 Å². The molecule has 0 aliphatic heterocycles. The fraction of sp³-hybridized carbons (Fsp3) is 0.300. The summed E-state index contributed by atoms with van der Waals surface area (Å²) >= 11 is 0. The molecule has 0 fully saturated rings. The van der Waals surface area contributed by atoms with E-state index in [0.29, 0.717) is 96.6 Å². The van der Waals surface area contributed by atoms with Gasteiger partial charge >= 0.3 is 23.9 Å². The summed E-state index contributed by atoms with van der Waals surface area (Å²) in [5.74, 6) is -3.40. The Balaban J connectivity index is 1.73. The Kier molecular flexibility index (Phi) is 11.4. The second-order valence-electron chi connectivity index (χ2n) is 12.5. The molecule has 1 aliphatic rings. The molecule has 0 unspecified atom stereocenters. The molecule has 0 radical (unpaired) electrons. The first kappa shape index (κ1) is 37.2. The molecule has 4 N–H and O–H groups in total. The van der Waals surface area contributed by atoms with Gasteiger partial charge in [-0.1, -0.05) is 0 Å². The number of carbonyl (C=O) groups is 4. The first-order chi connectivity index (χ1) is 24.9. The quantitative estimate of drug-likeness (QED) is 0.168. The van der Waals surface area contributed by atoms with Crippen LogP contribution in [0.1, 0.15) is 85.9 Å². The van der Waals surface area contributed by atoms with E-state index in [4.69, 9.17) is 18.9 Å².